The Hall–Kier alpha value is -2.86. The predicted octanol–water partition coefficient (Wildman–Crippen LogP) is 3.40. The second-order valence-electron chi connectivity index (χ2n) is 4.62. The second kappa shape index (κ2) is 5.02. The van der Waals surface area contributed by atoms with Crippen LogP contribution in [0.25, 0.3) is 10.9 Å². The number of ketones is 1. The van der Waals surface area contributed by atoms with Gasteiger partial charge in [0.25, 0.3) is 0 Å². The van der Waals surface area contributed by atoms with Crippen molar-refractivity contribution in [3.8, 4) is 6.07 Å². The normalized spacial score (nSPS) is 10.3. The van der Waals surface area contributed by atoms with Gasteiger partial charge in [0.1, 0.15) is 0 Å². The first-order valence-corrected chi connectivity index (χ1v) is 6.35. The van der Waals surface area contributed by atoms with Gasteiger partial charge in [-0.2, -0.15) is 5.26 Å². The average Bonchev–Trinajstić information content (AvgIpc) is 2.90. The van der Waals surface area contributed by atoms with Crippen molar-refractivity contribution in [2.45, 2.75) is 6.54 Å². The molecule has 0 spiro atoms. The number of benzene rings is 2. The standard InChI is InChI=1S/C17H12N2O/c18-11-13-6-7-14-8-9-19(16(14)10-13)12-17(20)15-4-2-1-3-5-15/h1-10H,12H2. The maximum Gasteiger partial charge on any atom is 0.182 e. The van der Waals surface area contributed by atoms with Crippen LogP contribution in [0.3, 0.4) is 0 Å². The SMILES string of the molecule is N#Cc1ccc2ccn(CC(=O)c3ccccc3)c2c1. The largest absolute Gasteiger partial charge is 0.340 e. The molecule has 0 aliphatic heterocycles. The molecule has 2 aromatic carbocycles. The molecule has 3 nitrogen and oxygen atoms in total. The number of hydrogen-bond donors (Lipinski definition) is 0. The first-order valence-electron chi connectivity index (χ1n) is 6.35. The Morgan fingerprint density at radius 2 is 1.90 bits per heavy atom. The lowest BCUT2D eigenvalue weighted by Gasteiger charge is -2.05. The van der Waals surface area contributed by atoms with Gasteiger partial charge in [0.05, 0.1) is 18.2 Å². The summed E-state index contributed by atoms with van der Waals surface area (Å²) in [6.07, 6.45) is 1.88. The van der Waals surface area contributed by atoms with E-state index in [9.17, 15) is 4.79 Å². The van der Waals surface area contributed by atoms with E-state index in [4.69, 9.17) is 5.26 Å². The molecular formula is C17H12N2O. The molecule has 3 rings (SSSR count). The summed E-state index contributed by atoms with van der Waals surface area (Å²) in [6.45, 7) is 0.280. The summed E-state index contributed by atoms with van der Waals surface area (Å²) >= 11 is 0. The van der Waals surface area contributed by atoms with Crippen molar-refractivity contribution in [1.29, 1.82) is 5.26 Å². The highest BCUT2D eigenvalue weighted by atomic mass is 16.1. The number of aromatic nitrogens is 1. The van der Waals surface area contributed by atoms with Gasteiger partial charge in [0.2, 0.25) is 0 Å². The van der Waals surface area contributed by atoms with Gasteiger partial charge in [-0.1, -0.05) is 36.4 Å². The average molecular weight is 260 g/mol. The molecule has 0 amide bonds. The van der Waals surface area contributed by atoms with E-state index in [-0.39, 0.29) is 12.3 Å². The minimum atomic E-state index is 0.0606. The van der Waals surface area contributed by atoms with Crippen LogP contribution in [-0.2, 0) is 6.54 Å². The van der Waals surface area contributed by atoms with E-state index >= 15 is 0 Å². The molecular weight excluding hydrogens is 248 g/mol. The number of fused-ring (bicyclic) bond motifs is 1. The van der Waals surface area contributed by atoms with Gasteiger partial charge in [0.15, 0.2) is 5.78 Å². The Bertz CT molecular complexity index is 810. The van der Waals surface area contributed by atoms with Crippen LogP contribution in [0.1, 0.15) is 15.9 Å². The summed E-state index contributed by atoms with van der Waals surface area (Å²) in [5.74, 6) is 0.0606. The summed E-state index contributed by atoms with van der Waals surface area (Å²) < 4.78 is 1.88. The molecule has 1 aromatic heterocycles. The Balaban J connectivity index is 1.95. The van der Waals surface area contributed by atoms with Crippen molar-refractivity contribution in [3.05, 3.63) is 71.9 Å². The predicted molar refractivity (Wildman–Crippen MR) is 77.4 cm³/mol. The quantitative estimate of drug-likeness (QED) is 0.677. The van der Waals surface area contributed by atoms with Gasteiger partial charge in [-0.3, -0.25) is 4.79 Å². The topological polar surface area (TPSA) is 45.8 Å². The minimum absolute atomic E-state index is 0.0606. The van der Waals surface area contributed by atoms with E-state index in [0.29, 0.717) is 11.1 Å². The first kappa shape index (κ1) is 12.2. The van der Waals surface area contributed by atoms with Crippen LogP contribution in [0, 0.1) is 11.3 Å². The number of hydrogen-bond acceptors (Lipinski definition) is 2. The van der Waals surface area contributed by atoms with E-state index < -0.39 is 0 Å². The molecule has 1 heterocycles. The zero-order chi connectivity index (χ0) is 13.9. The molecule has 0 fully saturated rings. The fraction of sp³-hybridized carbons (Fsp3) is 0.0588. The Kier molecular flexibility index (Phi) is 3.06. The lowest BCUT2D eigenvalue weighted by Crippen LogP contribution is -2.09. The van der Waals surface area contributed by atoms with E-state index in [1.165, 1.54) is 0 Å². The third kappa shape index (κ3) is 2.19. The fourth-order valence-electron chi connectivity index (χ4n) is 2.26. The molecule has 20 heavy (non-hydrogen) atoms. The molecule has 96 valence electrons. The van der Waals surface area contributed by atoms with Gasteiger partial charge >= 0.3 is 0 Å². The lowest BCUT2D eigenvalue weighted by atomic mass is 10.1. The van der Waals surface area contributed by atoms with Crippen LogP contribution >= 0.6 is 0 Å². The highest BCUT2D eigenvalue weighted by molar-refractivity contribution is 5.96. The van der Waals surface area contributed by atoms with Crippen molar-refractivity contribution in [1.82, 2.24) is 4.57 Å². The first-order chi connectivity index (χ1) is 9.78. The van der Waals surface area contributed by atoms with Crippen LogP contribution in [-0.4, -0.2) is 10.4 Å². The number of rotatable bonds is 3. The molecule has 3 aromatic rings. The summed E-state index contributed by atoms with van der Waals surface area (Å²) in [5, 5.41) is 9.99. The third-order valence-electron chi connectivity index (χ3n) is 3.31. The number of nitriles is 1. The molecule has 0 saturated carbocycles. The molecule has 0 radical (unpaired) electrons. The summed E-state index contributed by atoms with van der Waals surface area (Å²) in [4.78, 5) is 12.2. The molecule has 0 aliphatic carbocycles. The van der Waals surface area contributed by atoms with E-state index in [0.717, 1.165) is 10.9 Å². The van der Waals surface area contributed by atoms with Crippen molar-refractivity contribution < 1.29 is 4.79 Å². The minimum Gasteiger partial charge on any atom is -0.340 e. The molecule has 0 saturated heterocycles. The Morgan fingerprint density at radius 3 is 2.65 bits per heavy atom. The molecule has 0 N–H and O–H groups in total. The van der Waals surface area contributed by atoms with E-state index in [1.807, 2.05) is 59.3 Å². The lowest BCUT2D eigenvalue weighted by molar-refractivity contribution is 0.0973. The van der Waals surface area contributed by atoms with Crippen molar-refractivity contribution in [2.75, 3.05) is 0 Å². The summed E-state index contributed by atoms with van der Waals surface area (Å²) in [7, 11) is 0. The van der Waals surface area contributed by atoms with Crippen molar-refractivity contribution in [2.24, 2.45) is 0 Å². The van der Waals surface area contributed by atoms with Crippen LogP contribution in [0.15, 0.2) is 60.8 Å². The molecule has 3 heteroatoms. The van der Waals surface area contributed by atoms with E-state index in [2.05, 4.69) is 6.07 Å². The smallest absolute Gasteiger partial charge is 0.182 e. The highest BCUT2D eigenvalue weighted by Crippen LogP contribution is 2.18. The van der Waals surface area contributed by atoms with Crippen LogP contribution in [0.4, 0.5) is 0 Å². The number of Topliss-reactive ketones (excluding diaryl/α,β-unsaturated/α-hetero) is 1. The zero-order valence-corrected chi connectivity index (χ0v) is 10.8. The fourth-order valence-corrected chi connectivity index (χ4v) is 2.26. The van der Waals surface area contributed by atoms with Crippen LogP contribution in [0.5, 0.6) is 0 Å². The second-order valence-corrected chi connectivity index (χ2v) is 4.62. The van der Waals surface area contributed by atoms with Gasteiger partial charge in [-0.05, 0) is 23.6 Å². The van der Waals surface area contributed by atoms with Crippen LogP contribution in [0.2, 0.25) is 0 Å². The maximum absolute atomic E-state index is 12.2. The maximum atomic E-state index is 12.2. The van der Waals surface area contributed by atoms with Gasteiger partial charge in [0, 0.05) is 17.3 Å². The monoisotopic (exact) mass is 260 g/mol. The number of carbonyl (C=O) groups excluding carboxylic acids is 1. The summed E-state index contributed by atoms with van der Waals surface area (Å²) in [6, 6.07) is 18.8. The van der Waals surface area contributed by atoms with E-state index in [1.54, 1.807) is 6.07 Å². The number of carbonyl (C=O) groups is 1. The van der Waals surface area contributed by atoms with Crippen molar-refractivity contribution >= 4 is 16.7 Å². The van der Waals surface area contributed by atoms with Crippen molar-refractivity contribution in [3.63, 3.8) is 0 Å². The number of nitrogens with zero attached hydrogens (tertiary/aromatic N) is 2. The Labute approximate surface area is 116 Å². The van der Waals surface area contributed by atoms with Gasteiger partial charge < -0.3 is 4.57 Å². The Morgan fingerprint density at radius 1 is 1.10 bits per heavy atom. The van der Waals surface area contributed by atoms with Gasteiger partial charge in [-0.25, -0.2) is 0 Å². The highest BCUT2D eigenvalue weighted by Gasteiger charge is 2.08. The molecule has 0 bridgehead atoms. The summed E-state index contributed by atoms with van der Waals surface area (Å²) in [5.41, 5.74) is 2.21. The molecule has 0 atom stereocenters. The third-order valence-corrected chi connectivity index (χ3v) is 3.31. The zero-order valence-electron chi connectivity index (χ0n) is 10.8. The van der Waals surface area contributed by atoms with Crippen LogP contribution < -0.4 is 0 Å². The van der Waals surface area contributed by atoms with Gasteiger partial charge in [-0.15, -0.1) is 0 Å². The molecule has 0 unspecified atom stereocenters. The molecule has 0 aliphatic rings.